The van der Waals surface area contributed by atoms with Crippen LogP contribution in [-0.2, 0) is 23.9 Å². The first-order valence-electron chi connectivity index (χ1n) is 11.6. The summed E-state index contributed by atoms with van der Waals surface area (Å²) in [6.45, 7) is 7.77. The Morgan fingerprint density at radius 3 is 2.60 bits per heavy atom. The first kappa shape index (κ1) is 20.5. The van der Waals surface area contributed by atoms with Gasteiger partial charge < -0.3 is 14.6 Å². The van der Waals surface area contributed by atoms with E-state index in [1.807, 2.05) is 6.92 Å². The average molecular weight is 419 g/mol. The van der Waals surface area contributed by atoms with Gasteiger partial charge in [0, 0.05) is 31.1 Å². The molecule has 1 aliphatic heterocycles. The second kappa shape index (κ2) is 6.30. The Morgan fingerprint density at radius 1 is 1.17 bits per heavy atom. The van der Waals surface area contributed by atoms with Crippen LogP contribution in [0.4, 0.5) is 0 Å². The van der Waals surface area contributed by atoms with Gasteiger partial charge in [0.25, 0.3) is 0 Å². The van der Waals surface area contributed by atoms with Crippen molar-refractivity contribution >= 4 is 17.7 Å². The van der Waals surface area contributed by atoms with E-state index < -0.39 is 11.0 Å². The van der Waals surface area contributed by atoms with E-state index in [0.717, 1.165) is 19.3 Å². The van der Waals surface area contributed by atoms with Gasteiger partial charge >= 0.3 is 11.9 Å². The monoisotopic (exact) mass is 418 g/mol. The summed E-state index contributed by atoms with van der Waals surface area (Å²) >= 11 is 0. The zero-order valence-electron chi connectivity index (χ0n) is 18.5. The van der Waals surface area contributed by atoms with Gasteiger partial charge in [0.15, 0.2) is 5.78 Å². The van der Waals surface area contributed by atoms with Crippen LogP contribution in [-0.4, -0.2) is 40.6 Å². The lowest BCUT2D eigenvalue weighted by Gasteiger charge is -2.63. The molecule has 0 aromatic carbocycles. The zero-order valence-corrected chi connectivity index (χ0v) is 18.5. The van der Waals surface area contributed by atoms with Crippen LogP contribution in [0.2, 0.25) is 0 Å². The van der Waals surface area contributed by atoms with Crippen molar-refractivity contribution < 1.29 is 29.0 Å². The second-order valence-corrected chi connectivity index (χ2v) is 11.3. The first-order valence-corrected chi connectivity index (χ1v) is 11.6. The molecule has 0 spiro atoms. The van der Waals surface area contributed by atoms with Crippen molar-refractivity contribution in [1.29, 1.82) is 0 Å². The number of carbonyl (C=O) groups excluding carboxylic acids is 3. The van der Waals surface area contributed by atoms with Gasteiger partial charge in [0.05, 0.1) is 5.92 Å². The Morgan fingerprint density at radius 2 is 1.90 bits per heavy atom. The van der Waals surface area contributed by atoms with Gasteiger partial charge in [-0.3, -0.25) is 14.4 Å². The summed E-state index contributed by atoms with van der Waals surface area (Å²) in [5, 5.41) is 11.7. The van der Waals surface area contributed by atoms with Crippen molar-refractivity contribution in [3.05, 3.63) is 0 Å². The van der Waals surface area contributed by atoms with E-state index in [-0.39, 0.29) is 65.4 Å². The molecule has 10 atom stereocenters. The Labute approximate surface area is 178 Å². The van der Waals surface area contributed by atoms with Crippen LogP contribution < -0.4 is 0 Å². The molecule has 6 nitrogen and oxygen atoms in total. The van der Waals surface area contributed by atoms with Gasteiger partial charge in [-0.2, -0.15) is 0 Å². The molecule has 166 valence electrons. The molecule has 1 saturated heterocycles. The van der Waals surface area contributed by atoms with Crippen molar-refractivity contribution in [2.75, 3.05) is 0 Å². The minimum atomic E-state index is -1.42. The molecule has 0 aromatic heterocycles. The smallest absolute Gasteiger partial charge is 0.309 e. The lowest BCUT2D eigenvalue weighted by molar-refractivity contribution is -0.217. The number of fused-ring (bicyclic) bond motifs is 7. The summed E-state index contributed by atoms with van der Waals surface area (Å²) in [4.78, 5) is 37.1. The molecule has 0 aromatic rings. The van der Waals surface area contributed by atoms with E-state index in [4.69, 9.17) is 9.47 Å². The van der Waals surface area contributed by atoms with E-state index in [2.05, 4.69) is 13.8 Å². The topological polar surface area (TPSA) is 89.9 Å². The van der Waals surface area contributed by atoms with Crippen LogP contribution in [0.3, 0.4) is 0 Å². The fourth-order valence-electron chi connectivity index (χ4n) is 8.78. The number of rotatable bonds is 1. The molecule has 5 aliphatic rings. The van der Waals surface area contributed by atoms with Crippen molar-refractivity contribution in [3.63, 3.8) is 0 Å². The van der Waals surface area contributed by atoms with Gasteiger partial charge in [-0.25, -0.2) is 0 Å². The average Bonchev–Trinajstić information content (AvgIpc) is 3.11. The number of carbonyl (C=O) groups is 3. The van der Waals surface area contributed by atoms with Crippen LogP contribution in [0.25, 0.3) is 0 Å². The largest absolute Gasteiger partial charge is 0.462 e. The van der Waals surface area contributed by atoms with E-state index in [9.17, 15) is 19.5 Å². The molecule has 30 heavy (non-hydrogen) atoms. The molecule has 6 heteroatoms. The molecule has 1 heterocycles. The van der Waals surface area contributed by atoms with Crippen molar-refractivity contribution in [1.82, 2.24) is 0 Å². The quantitative estimate of drug-likeness (QED) is 0.659. The minimum absolute atomic E-state index is 0.0123. The summed E-state index contributed by atoms with van der Waals surface area (Å²) in [7, 11) is 0. The fraction of sp³-hybridized carbons (Fsp3) is 0.875. The number of hydrogen-bond acceptors (Lipinski definition) is 6. The molecule has 2 unspecified atom stereocenters. The standard InChI is InChI=1S/C24H34O6/c1-12-20-18(30-21(12)27)10-17-15-9-19(26)24(28)11-14(29-13(2)25)5-8-23(24,4)16(15)6-7-22(17,20)3/h12,14-18,20,28H,5-11H2,1-4H3/t12-,14-,15+,16-,17-,18?,20?,22-,23+,24-/m0/s1. The third-order valence-electron chi connectivity index (χ3n) is 10.2. The van der Waals surface area contributed by atoms with E-state index >= 15 is 0 Å². The summed E-state index contributed by atoms with van der Waals surface area (Å²) in [6.07, 6.45) is 4.38. The van der Waals surface area contributed by atoms with E-state index in [0.29, 0.717) is 25.2 Å². The highest BCUT2D eigenvalue weighted by molar-refractivity contribution is 5.89. The lowest BCUT2D eigenvalue weighted by Crippen LogP contribution is -2.67. The van der Waals surface area contributed by atoms with Crippen LogP contribution >= 0.6 is 0 Å². The maximum atomic E-state index is 13.4. The van der Waals surface area contributed by atoms with Crippen LogP contribution in [0, 0.1) is 40.4 Å². The van der Waals surface area contributed by atoms with Gasteiger partial charge in [-0.15, -0.1) is 0 Å². The van der Waals surface area contributed by atoms with E-state index in [1.54, 1.807) is 0 Å². The maximum absolute atomic E-state index is 13.4. The zero-order chi connectivity index (χ0) is 21.6. The fourth-order valence-corrected chi connectivity index (χ4v) is 8.78. The highest BCUT2D eigenvalue weighted by Gasteiger charge is 2.70. The van der Waals surface area contributed by atoms with Gasteiger partial charge in [-0.05, 0) is 55.3 Å². The SMILES string of the molecule is CC(=O)O[C@H]1CC[C@]2(C)[C@H]3CC[C@]4(C)C5C(C[C@H]4[C@@H]3CC(=O)[C@@]2(O)C1)OC(=O)[C@H]5C. The summed E-state index contributed by atoms with van der Waals surface area (Å²) < 4.78 is 11.1. The Kier molecular flexibility index (Phi) is 4.30. The highest BCUT2D eigenvalue weighted by atomic mass is 16.6. The van der Waals surface area contributed by atoms with Gasteiger partial charge in [0.1, 0.15) is 17.8 Å². The predicted molar refractivity (Wildman–Crippen MR) is 107 cm³/mol. The normalized spacial score (nSPS) is 54.5. The number of Topliss-reactive ketones (excluding diaryl/α,β-unsaturated/α-hetero) is 1. The molecule has 0 radical (unpaired) electrons. The first-order chi connectivity index (χ1) is 14.0. The van der Waals surface area contributed by atoms with E-state index in [1.165, 1.54) is 6.92 Å². The Balaban J connectivity index is 1.46. The molecule has 1 N–H and O–H groups in total. The van der Waals surface area contributed by atoms with Crippen molar-refractivity contribution in [2.24, 2.45) is 40.4 Å². The van der Waals surface area contributed by atoms with Crippen molar-refractivity contribution in [2.45, 2.75) is 90.4 Å². The molecular formula is C24H34O6. The number of ether oxygens (including phenoxy) is 2. The summed E-state index contributed by atoms with van der Waals surface area (Å²) in [5.41, 5.74) is -1.90. The number of aliphatic hydroxyl groups is 1. The van der Waals surface area contributed by atoms with Crippen LogP contribution in [0.5, 0.6) is 0 Å². The molecule has 4 aliphatic carbocycles. The van der Waals surface area contributed by atoms with Crippen LogP contribution in [0.15, 0.2) is 0 Å². The third-order valence-corrected chi connectivity index (χ3v) is 10.2. The third kappa shape index (κ3) is 2.43. The molecule has 0 bridgehead atoms. The van der Waals surface area contributed by atoms with Crippen LogP contribution in [0.1, 0.15) is 72.6 Å². The Bertz CT molecular complexity index is 808. The summed E-state index contributed by atoms with van der Waals surface area (Å²) in [6, 6.07) is 0. The minimum Gasteiger partial charge on any atom is -0.462 e. The number of ketones is 1. The lowest BCUT2D eigenvalue weighted by atomic mass is 9.42. The summed E-state index contributed by atoms with van der Waals surface area (Å²) in [5.74, 6) is 0.476. The number of esters is 2. The molecular weight excluding hydrogens is 384 g/mol. The van der Waals surface area contributed by atoms with Crippen molar-refractivity contribution in [3.8, 4) is 0 Å². The predicted octanol–water partition coefficient (Wildman–Crippen LogP) is 3.04. The number of hydrogen-bond donors (Lipinski definition) is 1. The molecule has 4 saturated carbocycles. The van der Waals surface area contributed by atoms with Gasteiger partial charge in [0.2, 0.25) is 0 Å². The Hall–Kier alpha value is -1.43. The second-order valence-electron chi connectivity index (χ2n) is 11.3. The molecule has 5 fully saturated rings. The molecule has 5 rings (SSSR count). The highest BCUT2D eigenvalue weighted by Crippen LogP contribution is 2.69. The molecule has 0 amide bonds. The van der Waals surface area contributed by atoms with Gasteiger partial charge in [-0.1, -0.05) is 20.8 Å². The maximum Gasteiger partial charge on any atom is 0.309 e.